The van der Waals surface area contributed by atoms with Crippen LogP contribution in [-0.2, 0) is 30.8 Å². The number of anilines is 1. The molecule has 1 rings (SSSR count). The van der Waals surface area contributed by atoms with Gasteiger partial charge >= 0.3 is 11.9 Å². The first-order valence-electron chi connectivity index (χ1n) is 6.29. The van der Waals surface area contributed by atoms with Crippen LogP contribution in [0.2, 0.25) is 0 Å². The van der Waals surface area contributed by atoms with Gasteiger partial charge in [0.1, 0.15) is 0 Å². The van der Waals surface area contributed by atoms with Crippen LogP contribution in [0.3, 0.4) is 0 Å². The second kappa shape index (κ2) is 7.63. The van der Waals surface area contributed by atoms with Gasteiger partial charge < -0.3 is 9.84 Å². The normalized spacial score (nSPS) is 10.9. The number of esters is 1. The summed E-state index contributed by atoms with van der Waals surface area (Å²) in [4.78, 5) is 21.6. The minimum absolute atomic E-state index is 0.00787. The molecular formula is C13H17NO6S. The van der Waals surface area contributed by atoms with E-state index in [2.05, 4.69) is 9.46 Å². The number of ether oxygens (including phenoxy) is 1. The number of nitrogens with one attached hydrogen (secondary N) is 1. The van der Waals surface area contributed by atoms with E-state index in [4.69, 9.17) is 5.11 Å². The fourth-order valence-electron chi connectivity index (χ4n) is 1.56. The SMILES string of the molecule is CCOC(=O)CS(=O)(=O)Nc1ccc(CCC(=O)O)cc1. The Balaban J connectivity index is 2.62. The summed E-state index contributed by atoms with van der Waals surface area (Å²) in [5.41, 5.74) is 1.09. The summed E-state index contributed by atoms with van der Waals surface area (Å²) in [6.07, 6.45) is 0.374. The van der Waals surface area contributed by atoms with Crippen LogP contribution in [0.25, 0.3) is 0 Å². The van der Waals surface area contributed by atoms with Crippen molar-refractivity contribution in [2.45, 2.75) is 19.8 Å². The summed E-state index contributed by atoms with van der Waals surface area (Å²) in [6, 6.07) is 6.29. The summed E-state index contributed by atoms with van der Waals surface area (Å²) in [7, 11) is -3.81. The van der Waals surface area contributed by atoms with Gasteiger partial charge in [0, 0.05) is 12.1 Å². The average molecular weight is 315 g/mol. The minimum Gasteiger partial charge on any atom is -0.481 e. The molecule has 0 saturated heterocycles. The number of carboxylic acids is 1. The van der Waals surface area contributed by atoms with E-state index in [9.17, 15) is 18.0 Å². The topological polar surface area (TPSA) is 110 Å². The molecule has 21 heavy (non-hydrogen) atoms. The maximum atomic E-state index is 11.7. The molecule has 116 valence electrons. The van der Waals surface area contributed by atoms with Gasteiger partial charge in [-0.3, -0.25) is 14.3 Å². The van der Waals surface area contributed by atoms with Crippen LogP contribution in [0.5, 0.6) is 0 Å². The molecule has 7 nitrogen and oxygen atoms in total. The van der Waals surface area contributed by atoms with E-state index in [-0.39, 0.29) is 13.0 Å². The number of aryl methyl sites for hydroxylation is 1. The third-order valence-electron chi connectivity index (χ3n) is 2.47. The molecule has 1 aromatic carbocycles. The number of aliphatic carboxylic acids is 1. The maximum Gasteiger partial charge on any atom is 0.323 e. The van der Waals surface area contributed by atoms with E-state index in [1.807, 2.05) is 0 Å². The smallest absolute Gasteiger partial charge is 0.323 e. The van der Waals surface area contributed by atoms with Crippen molar-refractivity contribution in [2.75, 3.05) is 17.1 Å². The van der Waals surface area contributed by atoms with E-state index in [0.717, 1.165) is 5.56 Å². The lowest BCUT2D eigenvalue weighted by atomic mass is 10.1. The van der Waals surface area contributed by atoms with Crippen molar-refractivity contribution in [3.05, 3.63) is 29.8 Å². The highest BCUT2D eigenvalue weighted by molar-refractivity contribution is 7.93. The summed E-state index contributed by atoms with van der Waals surface area (Å²) in [5.74, 6) is -2.46. The van der Waals surface area contributed by atoms with E-state index >= 15 is 0 Å². The molecule has 0 bridgehead atoms. The van der Waals surface area contributed by atoms with Crippen LogP contribution in [-0.4, -0.2) is 37.8 Å². The standard InChI is InChI=1S/C13H17NO6S/c1-2-20-13(17)9-21(18,19)14-11-6-3-10(4-7-11)5-8-12(15)16/h3-4,6-7,14H,2,5,8-9H2,1H3,(H,15,16). The van der Waals surface area contributed by atoms with E-state index < -0.39 is 27.7 Å². The number of hydrogen-bond donors (Lipinski definition) is 2. The van der Waals surface area contributed by atoms with E-state index in [1.165, 1.54) is 12.1 Å². The Morgan fingerprint density at radius 2 is 1.86 bits per heavy atom. The van der Waals surface area contributed by atoms with Crippen LogP contribution in [0.1, 0.15) is 18.9 Å². The predicted molar refractivity (Wildman–Crippen MR) is 76.4 cm³/mol. The Morgan fingerprint density at radius 3 is 2.38 bits per heavy atom. The highest BCUT2D eigenvalue weighted by Crippen LogP contribution is 2.13. The third kappa shape index (κ3) is 6.75. The molecule has 0 amide bonds. The molecule has 0 fully saturated rings. The molecule has 0 atom stereocenters. The van der Waals surface area contributed by atoms with Gasteiger partial charge in [0.05, 0.1) is 6.61 Å². The fraction of sp³-hybridized carbons (Fsp3) is 0.385. The first-order valence-corrected chi connectivity index (χ1v) is 7.94. The number of hydrogen-bond acceptors (Lipinski definition) is 5. The maximum absolute atomic E-state index is 11.7. The quantitative estimate of drug-likeness (QED) is 0.693. The largest absolute Gasteiger partial charge is 0.481 e. The molecule has 0 aliphatic heterocycles. The Hall–Kier alpha value is -2.09. The molecule has 0 unspecified atom stereocenters. The molecule has 1 aromatic rings. The second-order valence-corrected chi connectivity index (χ2v) is 5.98. The molecule has 0 saturated carbocycles. The zero-order valence-corrected chi connectivity index (χ0v) is 12.4. The second-order valence-electron chi connectivity index (χ2n) is 4.26. The Bertz CT molecular complexity index is 594. The molecule has 0 heterocycles. The van der Waals surface area contributed by atoms with Crippen molar-refractivity contribution >= 4 is 27.6 Å². The average Bonchev–Trinajstić information content (AvgIpc) is 2.37. The van der Waals surface area contributed by atoms with E-state index in [1.54, 1.807) is 19.1 Å². The summed E-state index contributed by atoms with van der Waals surface area (Å²) >= 11 is 0. The number of carbonyl (C=O) groups excluding carboxylic acids is 1. The molecule has 0 aliphatic rings. The highest BCUT2D eigenvalue weighted by Gasteiger charge is 2.17. The van der Waals surface area contributed by atoms with Gasteiger partial charge in [0.25, 0.3) is 0 Å². The number of carboxylic acid groups (broad SMARTS) is 1. The van der Waals surface area contributed by atoms with Gasteiger partial charge in [-0.25, -0.2) is 8.42 Å². The van der Waals surface area contributed by atoms with Crippen LogP contribution in [0.4, 0.5) is 5.69 Å². The van der Waals surface area contributed by atoms with Crippen LogP contribution in [0.15, 0.2) is 24.3 Å². The molecule has 0 radical (unpaired) electrons. The van der Waals surface area contributed by atoms with Crippen molar-refractivity contribution in [1.82, 2.24) is 0 Å². The van der Waals surface area contributed by atoms with Gasteiger partial charge in [-0.1, -0.05) is 12.1 Å². The molecule has 2 N–H and O–H groups in total. The fourth-order valence-corrected chi connectivity index (χ4v) is 2.53. The van der Waals surface area contributed by atoms with E-state index in [0.29, 0.717) is 12.1 Å². The Labute approximate surface area is 123 Å². The predicted octanol–water partition coefficient (Wildman–Crippen LogP) is 1.01. The Kier molecular flexibility index (Phi) is 6.16. The monoisotopic (exact) mass is 315 g/mol. The van der Waals surface area contributed by atoms with Crippen molar-refractivity contribution < 1.29 is 27.9 Å². The number of benzene rings is 1. The lowest BCUT2D eigenvalue weighted by molar-refractivity contribution is -0.140. The van der Waals surface area contributed by atoms with Gasteiger partial charge in [-0.15, -0.1) is 0 Å². The highest BCUT2D eigenvalue weighted by atomic mass is 32.2. The van der Waals surface area contributed by atoms with Gasteiger partial charge in [0.15, 0.2) is 5.75 Å². The van der Waals surface area contributed by atoms with Crippen molar-refractivity contribution in [2.24, 2.45) is 0 Å². The minimum atomic E-state index is -3.81. The molecule has 0 aliphatic carbocycles. The van der Waals surface area contributed by atoms with Crippen LogP contribution >= 0.6 is 0 Å². The number of rotatable bonds is 8. The lowest BCUT2D eigenvalue weighted by Gasteiger charge is -2.08. The van der Waals surface area contributed by atoms with Gasteiger partial charge in [-0.2, -0.15) is 0 Å². The van der Waals surface area contributed by atoms with Crippen molar-refractivity contribution in [3.63, 3.8) is 0 Å². The van der Waals surface area contributed by atoms with Crippen molar-refractivity contribution in [1.29, 1.82) is 0 Å². The first kappa shape index (κ1) is 17.0. The zero-order valence-electron chi connectivity index (χ0n) is 11.5. The number of carbonyl (C=O) groups is 2. The number of sulfonamides is 1. The van der Waals surface area contributed by atoms with Crippen LogP contribution in [0, 0.1) is 0 Å². The summed E-state index contributed by atoms with van der Waals surface area (Å²) in [6.45, 7) is 1.71. The van der Waals surface area contributed by atoms with Crippen LogP contribution < -0.4 is 4.72 Å². The first-order chi connectivity index (χ1) is 9.82. The third-order valence-corrected chi connectivity index (χ3v) is 3.63. The zero-order chi connectivity index (χ0) is 15.9. The van der Waals surface area contributed by atoms with Gasteiger partial charge in [0.2, 0.25) is 10.0 Å². The molecular weight excluding hydrogens is 298 g/mol. The molecule has 0 spiro atoms. The molecule has 0 aromatic heterocycles. The summed E-state index contributed by atoms with van der Waals surface area (Å²) < 4.78 is 30.2. The van der Waals surface area contributed by atoms with Crippen molar-refractivity contribution in [3.8, 4) is 0 Å². The van der Waals surface area contributed by atoms with Gasteiger partial charge in [-0.05, 0) is 31.0 Å². The summed E-state index contributed by atoms with van der Waals surface area (Å²) in [5, 5.41) is 8.57. The lowest BCUT2D eigenvalue weighted by Crippen LogP contribution is -2.24. The molecule has 8 heteroatoms. The Morgan fingerprint density at radius 1 is 1.24 bits per heavy atom.